The number of halogens is 1. The second-order valence-corrected chi connectivity index (χ2v) is 7.08. The first-order valence-electron chi connectivity index (χ1n) is 5.69. The van der Waals surface area contributed by atoms with Crippen LogP contribution in [0.25, 0.3) is 5.65 Å². The summed E-state index contributed by atoms with van der Waals surface area (Å²) in [6.07, 6.45) is 1.44. The molecule has 20 heavy (non-hydrogen) atoms. The molecule has 0 N–H and O–H groups in total. The van der Waals surface area contributed by atoms with Crippen molar-refractivity contribution >= 4 is 31.4 Å². The maximum Gasteiger partial charge on any atom is 0.184 e. The van der Waals surface area contributed by atoms with Gasteiger partial charge in [-0.05, 0) is 36.4 Å². The van der Waals surface area contributed by atoms with Crippen molar-refractivity contribution in [1.82, 2.24) is 19.8 Å². The minimum Gasteiger partial charge on any atom is -0.223 e. The van der Waals surface area contributed by atoms with Crippen LogP contribution in [0, 0.1) is 0 Å². The van der Waals surface area contributed by atoms with Gasteiger partial charge in [-0.1, -0.05) is 15.9 Å². The number of sulfone groups is 1. The van der Waals surface area contributed by atoms with Gasteiger partial charge in [0.05, 0.1) is 16.3 Å². The second-order valence-electron chi connectivity index (χ2n) is 4.17. The molecule has 0 amide bonds. The molecule has 0 atom stereocenters. The predicted molar refractivity (Wildman–Crippen MR) is 75.8 cm³/mol. The summed E-state index contributed by atoms with van der Waals surface area (Å²) in [6, 6.07) is 9.85. The average Bonchev–Trinajstić information content (AvgIpc) is 2.86. The lowest BCUT2D eigenvalue weighted by Crippen LogP contribution is -2.08. The summed E-state index contributed by atoms with van der Waals surface area (Å²) in [6.45, 7) is 0. The molecule has 2 heterocycles. The maximum absolute atomic E-state index is 12.3. The largest absolute Gasteiger partial charge is 0.223 e. The van der Waals surface area contributed by atoms with Crippen LogP contribution >= 0.6 is 15.9 Å². The number of rotatable bonds is 3. The quantitative estimate of drug-likeness (QED) is 0.718. The van der Waals surface area contributed by atoms with Gasteiger partial charge in [0, 0.05) is 4.47 Å². The van der Waals surface area contributed by atoms with E-state index in [1.54, 1.807) is 36.4 Å². The third kappa shape index (κ3) is 2.56. The van der Waals surface area contributed by atoms with E-state index in [0.29, 0.717) is 11.3 Å². The van der Waals surface area contributed by atoms with Crippen molar-refractivity contribution in [3.8, 4) is 0 Å². The van der Waals surface area contributed by atoms with E-state index in [-0.39, 0.29) is 10.6 Å². The lowest BCUT2D eigenvalue weighted by Gasteiger charge is -2.04. The lowest BCUT2D eigenvalue weighted by molar-refractivity contribution is 0.594. The van der Waals surface area contributed by atoms with Crippen molar-refractivity contribution in [3.63, 3.8) is 0 Å². The molecule has 0 aliphatic rings. The molecule has 3 rings (SSSR count). The highest BCUT2D eigenvalue weighted by Crippen LogP contribution is 2.18. The first-order chi connectivity index (χ1) is 9.54. The first-order valence-corrected chi connectivity index (χ1v) is 8.13. The summed E-state index contributed by atoms with van der Waals surface area (Å²) >= 11 is 3.28. The zero-order chi connectivity index (χ0) is 14.2. The molecule has 0 aliphatic heterocycles. The maximum atomic E-state index is 12.3. The molecule has 0 spiro atoms. The first kappa shape index (κ1) is 13.2. The minimum atomic E-state index is -3.42. The number of hydrogen-bond donors (Lipinski definition) is 0. The van der Waals surface area contributed by atoms with Gasteiger partial charge in [0.2, 0.25) is 0 Å². The smallest absolute Gasteiger partial charge is 0.184 e. The molecular weight excluding hydrogens is 344 g/mol. The fraction of sp³-hybridized carbons (Fsp3) is 0.0833. The van der Waals surface area contributed by atoms with E-state index in [4.69, 9.17) is 0 Å². The Labute approximate surface area is 123 Å². The zero-order valence-electron chi connectivity index (χ0n) is 10.1. The molecule has 3 aromatic rings. The highest BCUT2D eigenvalue weighted by atomic mass is 79.9. The molecule has 0 unspecified atom stereocenters. The van der Waals surface area contributed by atoms with E-state index in [9.17, 15) is 8.42 Å². The van der Waals surface area contributed by atoms with Gasteiger partial charge in [0.1, 0.15) is 6.33 Å². The van der Waals surface area contributed by atoms with Gasteiger partial charge < -0.3 is 0 Å². The molecule has 6 nitrogen and oxygen atoms in total. The van der Waals surface area contributed by atoms with Crippen LogP contribution in [-0.2, 0) is 15.6 Å². The van der Waals surface area contributed by atoms with Crippen LogP contribution in [-0.4, -0.2) is 28.2 Å². The average molecular weight is 353 g/mol. The fourth-order valence-corrected chi connectivity index (χ4v) is 3.29. The van der Waals surface area contributed by atoms with Crippen molar-refractivity contribution in [1.29, 1.82) is 0 Å². The molecule has 0 radical (unpaired) electrons. The Morgan fingerprint density at radius 1 is 1.10 bits per heavy atom. The van der Waals surface area contributed by atoms with Crippen molar-refractivity contribution in [2.24, 2.45) is 0 Å². The molecule has 2 aromatic heterocycles. The number of nitrogens with zero attached hydrogens (tertiary/aromatic N) is 4. The van der Waals surface area contributed by atoms with E-state index in [0.717, 1.165) is 4.47 Å². The van der Waals surface area contributed by atoms with E-state index in [1.165, 1.54) is 10.8 Å². The Hall–Kier alpha value is -1.80. The summed E-state index contributed by atoms with van der Waals surface area (Å²) in [5.74, 6) is -0.164. The van der Waals surface area contributed by atoms with Crippen LogP contribution in [0.15, 0.2) is 52.1 Å². The topological polar surface area (TPSA) is 77.2 Å². The Balaban J connectivity index is 1.94. The fourth-order valence-electron chi connectivity index (χ4n) is 1.76. The van der Waals surface area contributed by atoms with E-state index >= 15 is 0 Å². The van der Waals surface area contributed by atoms with Gasteiger partial charge in [0.25, 0.3) is 0 Å². The van der Waals surface area contributed by atoms with Gasteiger partial charge in [-0.3, -0.25) is 0 Å². The summed E-state index contributed by atoms with van der Waals surface area (Å²) in [5, 5.41) is 11.7. The van der Waals surface area contributed by atoms with Gasteiger partial charge in [0.15, 0.2) is 15.5 Å². The summed E-state index contributed by atoms with van der Waals surface area (Å²) < 4.78 is 26.9. The molecule has 102 valence electrons. The third-order valence-electron chi connectivity index (χ3n) is 2.73. The summed E-state index contributed by atoms with van der Waals surface area (Å²) in [4.78, 5) is 0.270. The third-order valence-corrected chi connectivity index (χ3v) is 4.92. The van der Waals surface area contributed by atoms with Crippen LogP contribution in [0.2, 0.25) is 0 Å². The molecule has 0 saturated heterocycles. The lowest BCUT2D eigenvalue weighted by atomic mass is 10.4. The monoisotopic (exact) mass is 352 g/mol. The zero-order valence-corrected chi connectivity index (χ0v) is 12.5. The van der Waals surface area contributed by atoms with Gasteiger partial charge >= 0.3 is 0 Å². The Bertz CT molecular complexity index is 859. The van der Waals surface area contributed by atoms with Crippen molar-refractivity contribution in [3.05, 3.63) is 52.9 Å². The Morgan fingerprint density at radius 3 is 2.60 bits per heavy atom. The van der Waals surface area contributed by atoms with Gasteiger partial charge in [-0.2, -0.15) is 5.10 Å². The van der Waals surface area contributed by atoms with Crippen molar-refractivity contribution in [2.45, 2.75) is 10.6 Å². The number of fused-ring (bicyclic) bond motifs is 1. The van der Waals surface area contributed by atoms with Crippen LogP contribution in [0.1, 0.15) is 5.69 Å². The highest BCUT2D eigenvalue weighted by molar-refractivity contribution is 9.10. The highest BCUT2D eigenvalue weighted by Gasteiger charge is 2.16. The number of hydrogen-bond acceptors (Lipinski definition) is 5. The standard InChI is InChI=1S/C12H9BrN4O2S/c13-9-1-4-11(5-2-9)20(18,19)7-10-3-6-12-15-14-8-17(12)16-10/h1-6,8H,7H2. The molecule has 0 aliphatic carbocycles. The molecule has 8 heteroatoms. The van der Waals surface area contributed by atoms with Crippen molar-refractivity contribution in [2.75, 3.05) is 0 Å². The van der Waals surface area contributed by atoms with Crippen LogP contribution in [0.5, 0.6) is 0 Å². The van der Waals surface area contributed by atoms with Crippen LogP contribution < -0.4 is 0 Å². The van der Waals surface area contributed by atoms with Gasteiger partial charge in [-0.15, -0.1) is 10.2 Å². The number of benzene rings is 1. The molecule has 1 aromatic carbocycles. The molecule has 0 bridgehead atoms. The Kier molecular flexibility index (Phi) is 3.27. The number of aromatic nitrogens is 4. The van der Waals surface area contributed by atoms with E-state index < -0.39 is 9.84 Å². The minimum absolute atomic E-state index is 0.164. The molecule has 0 fully saturated rings. The second kappa shape index (κ2) is 4.95. The van der Waals surface area contributed by atoms with Crippen LogP contribution in [0.4, 0.5) is 0 Å². The van der Waals surface area contributed by atoms with E-state index in [2.05, 4.69) is 31.2 Å². The molecular formula is C12H9BrN4O2S. The van der Waals surface area contributed by atoms with Crippen LogP contribution in [0.3, 0.4) is 0 Å². The SMILES string of the molecule is O=S(=O)(Cc1ccc2nncn2n1)c1ccc(Br)cc1. The predicted octanol–water partition coefficient (Wildman–Crippen LogP) is 1.86. The molecule has 0 saturated carbocycles. The Morgan fingerprint density at radius 2 is 1.85 bits per heavy atom. The van der Waals surface area contributed by atoms with Gasteiger partial charge in [-0.25, -0.2) is 12.9 Å². The summed E-state index contributed by atoms with van der Waals surface area (Å²) in [5.41, 5.74) is 1.02. The van der Waals surface area contributed by atoms with E-state index in [1.807, 2.05) is 0 Å². The summed E-state index contributed by atoms with van der Waals surface area (Å²) in [7, 11) is -3.42. The van der Waals surface area contributed by atoms with Crippen molar-refractivity contribution < 1.29 is 8.42 Å². The normalized spacial score (nSPS) is 11.8.